The minimum absolute atomic E-state index is 0.623. The number of para-hydroxylation sites is 2. The summed E-state index contributed by atoms with van der Waals surface area (Å²) in [5.41, 5.74) is 1.59. The lowest BCUT2D eigenvalue weighted by Gasteiger charge is -2.26. The fourth-order valence-corrected chi connectivity index (χ4v) is 2.88. The van der Waals surface area contributed by atoms with Crippen molar-refractivity contribution in [2.45, 2.75) is 65.0 Å². The van der Waals surface area contributed by atoms with Gasteiger partial charge in [0.25, 0.3) is 0 Å². The molecule has 2 rings (SSSR count). The Hall–Kier alpha value is -1.35. The van der Waals surface area contributed by atoms with Crippen molar-refractivity contribution in [2.75, 3.05) is 0 Å². The molecule has 3 nitrogen and oxygen atoms in total. The highest BCUT2D eigenvalue weighted by atomic mass is 16.3. The average Bonchev–Trinajstić information content (AvgIpc) is 2.77. The Labute approximate surface area is 121 Å². The van der Waals surface area contributed by atoms with Crippen LogP contribution in [-0.2, 0) is 13.0 Å². The molecule has 1 heterocycles. The zero-order valence-electron chi connectivity index (χ0n) is 12.9. The van der Waals surface area contributed by atoms with Crippen LogP contribution in [0.3, 0.4) is 0 Å². The molecule has 0 saturated carbocycles. The molecule has 3 heteroatoms. The first-order chi connectivity index (χ1) is 9.63. The van der Waals surface area contributed by atoms with Gasteiger partial charge in [-0.05, 0) is 31.4 Å². The fraction of sp³-hybridized carbons (Fsp3) is 0.588. The zero-order chi connectivity index (χ0) is 14.6. The van der Waals surface area contributed by atoms with Gasteiger partial charge in [0.1, 0.15) is 5.82 Å². The third-order valence-corrected chi connectivity index (χ3v) is 4.04. The molecule has 110 valence electrons. The summed E-state index contributed by atoms with van der Waals surface area (Å²) in [6.07, 6.45) is 4.32. The molecule has 0 aliphatic rings. The third kappa shape index (κ3) is 3.04. The van der Waals surface area contributed by atoms with E-state index in [4.69, 9.17) is 4.98 Å². The predicted octanol–water partition coefficient (Wildman–Crippen LogP) is 3.93. The number of aryl methyl sites for hydroxylation is 1. The number of aromatic nitrogens is 2. The molecule has 0 bridgehead atoms. The summed E-state index contributed by atoms with van der Waals surface area (Å²) in [5.74, 6) is 1.02. The Morgan fingerprint density at radius 2 is 1.90 bits per heavy atom. The van der Waals surface area contributed by atoms with Gasteiger partial charge in [0, 0.05) is 13.0 Å². The van der Waals surface area contributed by atoms with E-state index in [2.05, 4.69) is 43.5 Å². The summed E-state index contributed by atoms with van der Waals surface area (Å²) >= 11 is 0. The largest absolute Gasteiger partial charge is 0.389 e. The SMILES string of the molecule is CCCn1c(CC(O)(CC)CCC)nc2ccccc21. The van der Waals surface area contributed by atoms with E-state index in [0.29, 0.717) is 6.42 Å². The highest BCUT2D eigenvalue weighted by Gasteiger charge is 2.27. The fourth-order valence-electron chi connectivity index (χ4n) is 2.88. The molecule has 0 aliphatic carbocycles. The number of rotatable bonds is 7. The second-order valence-electron chi connectivity index (χ2n) is 5.67. The normalized spacial score (nSPS) is 14.6. The van der Waals surface area contributed by atoms with Gasteiger partial charge >= 0.3 is 0 Å². The smallest absolute Gasteiger partial charge is 0.112 e. The zero-order valence-corrected chi connectivity index (χ0v) is 12.9. The molecule has 0 amide bonds. The Balaban J connectivity index is 2.39. The van der Waals surface area contributed by atoms with Crippen molar-refractivity contribution in [3.05, 3.63) is 30.1 Å². The maximum Gasteiger partial charge on any atom is 0.112 e. The Kier molecular flexibility index (Phi) is 4.81. The van der Waals surface area contributed by atoms with Crippen LogP contribution >= 0.6 is 0 Å². The van der Waals surface area contributed by atoms with Crippen molar-refractivity contribution in [2.24, 2.45) is 0 Å². The van der Waals surface area contributed by atoms with Crippen LogP contribution in [0.1, 0.15) is 52.3 Å². The number of benzene rings is 1. The summed E-state index contributed by atoms with van der Waals surface area (Å²) in [6, 6.07) is 8.24. The average molecular weight is 274 g/mol. The maximum absolute atomic E-state index is 10.7. The highest BCUT2D eigenvalue weighted by molar-refractivity contribution is 5.75. The van der Waals surface area contributed by atoms with Crippen molar-refractivity contribution in [3.63, 3.8) is 0 Å². The standard InChI is InChI=1S/C17H26N2O/c1-4-11-17(20,6-3)13-16-18-14-9-7-8-10-15(14)19(16)12-5-2/h7-10,20H,4-6,11-13H2,1-3H3. The number of hydrogen-bond donors (Lipinski definition) is 1. The van der Waals surface area contributed by atoms with Crippen molar-refractivity contribution < 1.29 is 5.11 Å². The lowest BCUT2D eigenvalue weighted by Crippen LogP contribution is -2.31. The van der Waals surface area contributed by atoms with Crippen LogP contribution < -0.4 is 0 Å². The third-order valence-electron chi connectivity index (χ3n) is 4.04. The summed E-state index contributed by atoms with van der Waals surface area (Å²) in [5, 5.41) is 10.7. The molecule has 1 atom stereocenters. The van der Waals surface area contributed by atoms with E-state index in [1.54, 1.807) is 0 Å². The van der Waals surface area contributed by atoms with Crippen LogP contribution in [0.15, 0.2) is 24.3 Å². The molecule has 0 radical (unpaired) electrons. The van der Waals surface area contributed by atoms with Crippen LogP contribution in [0.2, 0.25) is 0 Å². The monoisotopic (exact) mass is 274 g/mol. The second kappa shape index (κ2) is 6.40. The maximum atomic E-state index is 10.7. The Bertz CT molecular complexity index is 561. The molecule has 20 heavy (non-hydrogen) atoms. The topological polar surface area (TPSA) is 38.0 Å². The summed E-state index contributed by atoms with van der Waals surface area (Å²) in [4.78, 5) is 4.75. The quantitative estimate of drug-likeness (QED) is 0.830. The van der Waals surface area contributed by atoms with E-state index in [1.165, 1.54) is 5.52 Å². The van der Waals surface area contributed by atoms with E-state index in [-0.39, 0.29) is 0 Å². The Morgan fingerprint density at radius 3 is 2.55 bits per heavy atom. The van der Waals surface area contributed by atoms with Gasteiger partial charge in [0.05, 0.1) is 16.6 Å². The van der Waals surface area contributed by atoms with Gasteiger partial charge in [-0.1, -0.05) is 39.3 Å². The molecule has 1 aromatic heterocycles. The van der Waals surface area contributed by atoms with Crippen LogP contribution in [0.25, 0.3) is 11.0 Å². The molecule has 0 saturated heterocycles. The first-order valence-electron chi connectivity index (χ1n) is 7.80. The lowest BCUT2D eigenvalue weighted by molar-refractivity contribution is 0.0245. The van der Waals surface area contributed by atoms with Gasteiger partial charge in [0.15, 0.2) is 0 Å². The summed E-state index contributed by atoms with van der Waals surface area (Å²) in [6.45, 7) is 7.32. The molecule has 1 unspecified atom stereocenters. The number of aliphatic hydroxyl groups is 1. The van der Waals surface area contributed by atoms with Crippen molar-refractivity contribution in [1.82, 2.24) is 9.55 Å². The predicted molar refractivity (Wildman–Crippen MR) is 83.9 cm³/mol. The number of nitrogens with zero attached hydrogens (tertiary/aromatic N) is 2. The van der Waals surface area contributed by atoms with Crippen molar-refractivity contribution in [1.29, 1.82) is 0 Å². The van der Waals surface area contributed by atoms with Gasteiger partial charge < -0.3 is 9.67 Å². The number of fused-ring (bicyclic) bond motifs is 1. The minimum Gasteiger partial charge on any atom is -0.389 e. The molecular weight excluding hydrogens is 248 g/mol. The van der Waals surface area contributed by atoms with Crippen LogP contribution in [-0.4, -0.2) is 20.3 Å². The van der Waals surface area contributed by atoms with E-state index in [1.807, 2.05) is 6.07 Å². The number of hydrogen-bond acceptors (Lipinski definition) is 2. The molecule has 2 aromatic rings. The molecular formula is C17H26N2O. The minimum atomic E-state index is -0.623. The Morgan fingerprint density at radius 1 is 1.15 bits per heavy atom. The van der Waals surface area contributed by atoms with Crippen LogP contribution in [0, 0.1) is 0 Å². The summed E-state index contributed by atoms with van der Waals surface area (Å²) in [7, 11) is 0. The first kappa shape index (κ1) is 15.0. The van der Waals surface area contributed by atoms with E-state index in [0.717, 1.165) is 43.6 Å². The van der Waals surface area contributed by atoms with E-state index < -0.39 is 5.60 Å². The van der Waals surface area contributed by atoms with Gasteiger partial charge in [-0.2, -0.15) is 0 Å². The van der Waals surface area contributed by atoms with Gasteiger partial charge in [0.2, 0.25) is 0 Å². The first-order valence-corrected chi connectivity index (χ1v) is 7.80. The van der Waals surface area contributed by atoms with Crippen LogP contribution in [0.5, 0.6) is 0 Å². The van der Waals surface area contributed by atoms with Crippen LogP contribution in [0.4, 0.5) is 0 Å². The molecule has 0 aliphatic heterocycles. The lowest BCUT2D eigenvalue weighted by atomic mass is 9.91. The van der Waals surface area contributed by atoms with Gasteiger partial charge in [-0.15, -0.1) is 0 Å². The van der Waals surface area contributed by atoms with Gasteiger partial charge in [-0.3, -0.25) is 0 Å². The number of imidazole rings is 1. The molecule has 0 spiro atoms. The molecule has 1 aromatic carbocycles. The molecule has 1 N–H and O–H groups in total. The highest BCUT2D eigenvalue weighted by Crippen LogP contribution is 2.25. The van der Waals surface area contributed by atoms with E-state index in [9.17, 15) is 5.11 Å². The van der Waals surface area contributed by atoms with Crippen molar-refractivity contribution >= 4 is 11.0 Å². The second-order valence-corrected chi connectivity index (χ2v) is 5.67. The molecule has 0 fully saturated rings. The summed E-state index contributed by atoms with van der Waals surface area (Å²) < 4.78 is 2.27. The van der Waals surface area contributed by atoms with E-state index >= 15 is 0 Å². The van der Waals surface area contributed by atoms with Crippen molar-refractivity contribution in [3.8, 4) is 0 Å². The van der Waals surface area contributed by atoms with Gasteiger partial charge in [-0.25, -0.2) is 4.98 Å².